The molecule has 1 amide bonds. The summed E-state index contributed by atoms with van der Waals surface area (Å²) in [6.45, 7) is 2.75. The van der Waals surface area contributed by atoms with Crippen molar-refractivity contribution in [2.45, 2.75) is 25.4 Å². The van der Waals surface area contributed by atoms with Crippen molar-refractivity contribution in [1.82, 2.24) is 10.1 Å². The van der Waals surface area contributed by atoms with Gasteiger partial charge in [-0.15, -0.1) is 0 Å². The minimum atomic E-state index is -0.383. The van der Waals surface area contributed by atoms with E-state index >= 15 is 0 Å². The second-order valence-corrected chi connectivity index (χ2v) is 8.09. The van der Waals surface area contributed by atoms with Crippen LogP contribution in [0.1, 0.15) is 28.8 Å². The van der Waals surface area contributed by atoms with Gasteiger partial charge in [0.05, 0.1) is 25.3 Å². The zero-order valence-corrected chi connectivity index (χ0v) is 17.5. The number of amides is 1. The monoisotopic (exact) mass is 439 g/mol. The second kappa shape index (κ2) is 8.70. The summed E-state index contributed by atoms with van der Waals surface area (Å²) in [5, 5.41) is 4.30. The average molecular weight is 439 g/mol. The highest BCUT2D eigenvalue weighted by atomic mass is 19.1. The largest absolute Gasteiger partial charge is 0.378 e. The van der Waals surface area contributed by atoms with Crippen molar-refractivity contribution in [3.63, 3.8) is 0 Å². The van der Waals surface area contributed by atoms with Crippen molar-refractivity contribution in [2.75, 3.05) is 31.2 Å². The van der Waals surface area contributed by atoms with Gasteiger partial charge < -0.3 is 19.1 Å². The first-order valence-electron chi connectivity index (χ1n) is 10.7. The molecular formula is C24H23F2N3O3. The molecule has 1 aliphatic heterocycles. The molecule has 1 aromatic heterocycles. The first-order valence-corrected chi connectivity index (χ1v) is 10.7. The Morgan fingerprint density at radius 3 is 2.25 bits per heavy atom. The normalized spacial score (nSPS) is 16.2. The molecule has 2 aromatic carbocycles. The summed E-state index contributed by atoms with van der Waals surface area (Å²) in [6.07, 6.45) is 1.83. The Morgan fingerprint density at radius 2 is 1.62 bits per heavy atom. The first kappa shape index (κ1) is 20.6. The maximum Gasteiger partial charge on any atom is 0.254 e. The van der Waals surface area contributed by atoms with E-state index < -0.39 is 0 Å². The summed E-state index contributed by atoms with van der Waals surface area (Å²) in [7, 11) is 0. The third-order valence-corrected chi connectivity index (χ3v) is 5.85. The van der Waals surface area contributed by atoms with Gasteiger partial charge in [-0.25, -0.2) is 8.78 Å². The van der Waals surface area contributed by atoms with Gasteiger partial charge in [0.25, 0.3) is 5.91 Å². The lowest BCUT2D eigenvalue weighted by Crippen LogP contribution is -2.37. The van der Waals surface area contributed by atoms with E-state index in [-0.39, 0.29) is 23.6 Å². The Balaban J connectivity index is 1.52. The quantitative estimate of drug-likeness (QED) is 0.575. The lowest BCUT2D eigenvalue weighted by molar-refractivity contribution is 0.0729. The van der Waals surface area contributed by atoms with Gasteiger partial charge >= 0.3 is 0 Å². The number of ether oxygens (including phenoxy) is 1. The fourth-order valence-electron chi connectivity index (χ4n) is 3.97. The van der Waals surface area contributed by atoms with Crippen LogP contribution in [0, 0.1) is 11.6 Å². The minimum Gasteiger partial charge on any atom is -0.378 e. The molecule has 8 heteroatoms. The molecule has 6 nitrogen and oxygen atoms in total. The maximum atomic E-state index is 13.5. The fourth-order valence-corrected chi connectivity index (χ4v) is 3.97. The number of carbonyl (C=O) groups is 1. The first-order chi connectivity index (χ1) is 15.6. The average Bonchev–Trinajstić information content (AvgIpc) is 3.58. The van der Waals surface area contributed by atoms with E-state index in [4.69, 9.17) is 9.26 Å². The van der Waals surface area contributed by atoms with Gasteiger partial charge in [-0.1, -0.05) is 5.16 Å². The second-order valence-electron chi connectivity index (χ2n) is 8.09. The van der Waals surface area contributed by atoms with Crippen LogP contribution in [0.2, 0.25) is 0 Å². The lowest BCUT2D eigenvalue weighted by atomic mass is 10.1. The van der Waals surface area contributed by atoms with E-state index in [1.54, 1.807) is 17.0 Å². The zero-order chi connectivity index (χ0) is 22.1. The van der Waals surface area contributed by atoms with E-state index in [1.807, 2.05) is 0 Å². The predicted molar refractivity (Wildman–Crippen MR) is 114 cm³/mol. The molecule has 3 aromatic rings. The van der Waals surface area contributed by atoms with Crippen LogP contribution in [0.15, 0.2) is 53.1 Å². The summed E-state index contributed by atoms with van der Waals surface area (Å²) in [5.74, 6) is -0.276. The number of morpholine rings is 1. The van der Waals surface area contributed by atoms with E-state index in [9.17, 15) is 13.6 Å². The summed E-state index contributed by atoms with van der Waals surface area (Å²) >= 11 is 0. The van der Waals surface area contributed by atoms with Crippen molar-refractivity contribution >= 4 is 11.8 Å². The molecule has 0 radical (unpaired) electrons. The number of benzene rings is 2. The zero-order valence-electron chi connectivity index (χ0n) is 17.5. The van der Waals surface area contributed by atoms with Gasteiger partial charge in [0, 0.05) is 30.3 Å². The number of anilines is 1. The molecule has 2 heterocycles. The Kier molecular flexibility index (Phi) is 5.61. The van der Waals surface area contributed by atoms with Gasteiger partial charge in [-0.2, -0.15) is 0 Å². The van der Waals surface area contributed by atoms with Crippen LogP contribution in [0.4, 0.5) is 14.7 Å². The molecule has 2 fully saturated rings. The molecule has 1 saturated heterocycles. The van der Waals surface area contributed by atoms with Crippen LogP contribution in [-0.4, -0.2) is 48.3 Å². The van der Waals surface area contributed by atoms with Crippen molar-refractivity contribution < 1.29 is 22.8 Å². The van der Waals surface area contributed by atoms with Crippen molar-refractivity contribution in [3.05, 3.63) is 71.3 Å². The molecule has 166 valence electrons. The van der Waals surface area contributed by atoms with Crippen molar-refractivity contribution in [3.8, 4) is 11.3 Å². The van der Waals surface area contributed by atoms with Crippen LogP contribution in [0.5, 0.6) is 0 Å². The van der Waals surface area contributed by atoms with E-state index in [1.165, 1.54) is 36.4 Å². The Labute approximate surface area is 184 Å². The Morgan fingerprint density at radius 1 is 1.00 bits per heavy atom. The molecule has 0 bridgehead atoms. The molecule has 0 atom stereocenters. The fraction of sp³-hybridized carbons (Fsp3) is 0.333. The third-order valence-electron chi connectivity index (χ3n) is 5.85. The highest BCUT2D eigenvalue weighted by Gasteiger charge is 2.36. The standard InChI is InChI=1S/C24H23F2N3O3/c25-18-5-1-16(2-6-18)22-21(24(32-27-22)28-11-13-31-14-12-28)15-29(20-9-10-20)23(30)17-3-7-19(26)8-4-17/h1-8,20H,9-15H2. The van der Waals surface area contributed by atoms with Crippen molar-refractivity contribution in [1.29, 1.82) is 0 Å². The van der Waals surface area contributed by atoms with Crippen LogP contribution >= 0.6 is 0 Å². The van der Waals surface area contributed by atoms with Gasteiger partial charge in [-0.3, -0.25) is 4.79 Å². The molecule has 1 saturated carbocycles. The number of hydrogen-bond acceptors (Lipinski definition) is 5. The predicted octanol–water partition coefficient (Wildman–Crippen LogP) is 4.26. The Bertz CT molecular complexity index is 1090. The van der Waals surface area contributed by atoms with Crippen LogP contribution < -0.4 is 4.90 Å². The molecule has 1 aliphatic carbocycles. The molecule has 32 heavy (non-hydrogen) atoms. The molecule has 2 aliphatic rings. The van der Waals surface area contributed by atoms with Gasteiger partial charge in [-0.05, 0) is 61.4 Å². The topological polar surface area (TPSA) is 58.8 Å². The van der Waals surface area contributed by atoms with Gasteiger partial charge in [0.2, 0.25) is 5.88 Å². The SMILES string of the molecule is O=C(c1ccc(F)cc1)N(Cc1c(-c2ccc(F)cc2)noc1N1CCOCC1)C1CC1. The number of halogens is 2. The number of hydrogen-bond donors (Lipinski definition) is 0. The number of nitrogens with zero attached hydrogens (tertiary/aromatic N) is 3. The molecule has 5 rings (SSSR count). The maximum absolute atomic E-state index is 13.5. The Hall–Kier alpha value is -3.26. The van der Waals surface area contributed by atoms with Crippen LogP contribution in [0.3, 0.4) is 0 Å². The minimum absolute atomic E-state index is 0.112. The van der Waals surface area contributed by atoms with Crippen LogP contribution in [0.25, 0.3) is 11.3 Å². The highest BCUT2D eigenvalue weighted by molar-refractivity contribution is 5.94. The number of aromatic nitrogens is 1. The highest BCUT2D eigenvalue weighted by Crippen LogP contribution is 2.37. The molecular weight excluding hydrogens is 416 g/mol. The third kappa shape index (κ3) is 4.23. The van der Waals surface area contributed by atoms with E-state index in [0.29, 0.717) is 50.0 Å². The van der Waals surface area contributed by atoms with E-state index in [0.717, 1.165) is 24.0 Å². The number of carbonyl (C=O) groups excluding carboxylic acids is 1. The number of rotatable bonds is 6. The summed E-state index contributed by atoms with van der Waals surface area (Å²) in [6, 6.07) is 11.8. The summed E-state index contributed by atoms with van der Waals surface area (Å²) < 4.78 is 38.1. The van der Waals surface area contributed by atoms with Crippen LogP contribution in [-0.2, 0) is 11.3 Å². The summed E-state index contributed by atoms with van der Waals surface area (Å²) in [4.78, 5) is 17.2. The molecule has 0 spiro atoms. The van der Waals surface area contributed by atoms with E-state index in [2.05, 4.69) is 10.1 Å². The van der Waals surface area contributed by atoms with Crippen molar-refractivity contribution in [2.24, 2.45) is 0 Å². The summed E-state index contributed by atoms with van der Waals surface area (Å²) in [5.41, 5.74) is 2.52. The lowest BCUT2D eigenvalue weighted by Gasteiger charge is -2.28. The molecule has 0 N–H and O–H groups in total. The van der Waals surface area contributed by atoms with Gasteiger partial charge in [0.15, 0.2) is 0 Å². The molecule has 0 unspecified atom stereocenters. The smallest absolute Gasteiger partial charge is 0.254 e. The van der Waals surface area contributed by atoms with Gasteiger partial charge in [0.1, 0.15) is 17.3 Å².